The fraction of sp³-hybridized carbons (Fsp3) is 0.348. The van der Waals surface area contributed by atoms with Gasteiger partial charge in [-0.25, -0.2) is 13.5 Å². The number of likely N-dealkylation sites (N-methyl/N-ethyl adjacent to an activating group) is 1. The molecule has 32 heavy (non-hydrogen) atoms. The molecule has 1 N–H and O–H groups in total. The Bertz CT molecular complexity index is 938. The van der Waals surface area contributed by atoms with E-state index in [1.165, 1.54) is 48.7 Å². The fourth-order valence-electron chi connectivity index (χ4n) is 2.70. The smallest absolute Gasteiger partial charge is 0.368 e. The molecule has 2 aromatic carbocycles. The number of hydrogen-bond acceptors (Lipinski definition) is 6. The van der Waals surface area contributed by atoms with Gasteiger partial charge in [0.2, 0.25) is 5.83 Å². The summed E-state index contributed by atoms with van der Waals surface area (Å²) in [7, 11) is 1.95. The van der Waals surface area contributed by atoms with Crippen molar-refractivity contribution in [2.75, 3.05) is 31.3 Å². The van der Waals surface area contributed by atoms with E-state index in [0.29, 0.717) is 18.6 Å². The number of carbonyl (C=O) groups is 1. The highest BCUT2D eigenvalue weighted by Gasteiger charge is 2.23. The van der Waals surface area contributed by atoms with Crippen LogP contribution in [0.1, 0.15) is 26.7 Å². The number of anilines is 2. The molecule has 0 atom stereocenters. The maximum Gasteiger partial charge on any atom is 0.368 e. The van der Waals surface area contributed by atoms with Gasteiger partial charge in [-0.15, -0.1) is 11.8 Å². The molecule has 0 amide bonds. The largest absolute Gasteiger partial charge is 0.476 e. The third kappa shape index (κ3) is 7.15. The van der Waals surface area contributed by atoms with Gasteiger partial charge in [0.25, 0.3) is 0 Å². The highest BCUT2D eigenvalue weighted by atomic mass is 32.2. The molecule has 3 rings (SSSR count). The van der Waals surface area contributed by atoms with Crippen molar-refractivity contribution >= 4 is 41.1 Å². The molecule has 0 radical (unpaired) electrons. The van der Waals surface area contributed by atoms with E-state index in [9.17, 15) is 13.6 Å². The Morgan fingerprint density at radius 3 is 2.44 bits per heavy atom. The van der Waals surface area contributed by atoms with Crippen molar-refractivity contribution in [1.82, 2.24) is 4.31 Å². The summed E-state index contributed by atoms with van der Waals surface area (Å²) in [5.41, 5.74) is 1.77. The molecule has 1 heterocycles. The summed E-state index contributed by atoms with van der Waals surface area (Å²) in [6.45, 7) is 5.82. The van der Waals surface area contributed by atoms with Crippen LogP contribution < -0.4 is 9.64 Å². The Labute approximate surface area is 196 Å². The number of unbranched alkanes of at least 4 members (excludes halogenated alkanes) is 1. The summed E-state index contributed by atoms with van der Waals surface area (Å²) < 4.78 is 34.0. The van der Waals surface area contributed by atoms with Crippen LogP contribution in [-0.2, 0) is 4.79 Å². The van der Waals surface area contributed by atoms with Crippen LogP contribution in [0.15, 0.2) is 58.3 Å². The first-order chi connectivity index (χ1) is 15.3. The number of nitrogens with zero attached hydrogens (tertiary/aromatic N) is 2. The van der Waals surface area contributed by atoms with Crippen molar-refractivity contribution in [3.63, 3.8) is 0 Å². The Hall–Kier alpha value is -2.23. The van der Waals surface area contributed by atoms with Crippen LogP contribution >= 0.6 is 23.7 Å². The van der Waals surface area contributed by atoms with Gasteiger partial charge in [-0.2, -0.15) is 4.39 Å². The summed E-state index contributed by atoms with van der Waals surface area (Å²) in [6.07, 6.45) is 5.08. The van der Waals surface area contributed by atoms with E-state index in [0.717, 1.165) is 27.7 Å². The maximum absolute atomic E-state index is 13.3. The molecule has 0 saturated heterocycles. The summed E-state index contributed by atoms with van der Waals surface area (Å²) in [5, 5.41) is 8.66. The summed E-state index contributed by atoms with van der Waals surface area (Å²) >= 11 is 2.91. The molecule has 0 fully saturated rings. The van der Waals surface area contributed by atoms with Crippen molar-refractivity contribution in [2.24, 2.45) is 0 Å². The van der Waals surface area contributed by atoms with Crippen LogP contribution in [0.25, 0.3) is 0 Å². The Morgan fingerprint density at radius 2 is 1.88 bits per heavy atom. The molecule has 0 aromatic heterocycles. The highest BCUT2D eigenvalue weighted by Crippen LogP contribution is 2.44. The summed E-state index contributed by atoms with van der Waals surface area (Å²) in [6, 6.07) is 9.96. The Kier molecular flexibility index (Phi) is 10.3. The highest BCUT2D eigenvalue weighted by molar-refractivity contribution is 7.98. The van der Waals surface area contributed by atoms with Gasteiger partial charge in [-0.05, 0) is 61.6 Å². The lowest BCUT2D eigenvalue weighted by molar-refractivity contribution is -0.134. The van der Waals surface area contributed by atoms with Gasteiger partial charge in [-0.1, -0.05) is 26.7 Å². The fourth-order valence-corrected chi connectivity index (χ4v) is 4.16. The minimum atomic E-state index is -1.68. The van der Waals surface area contributed by atoms with Gasteiger partial charge in [-0.3, -0.25) is 0 Å². The minimum Gasteiger partial charge on any atom is -0.476 e. The van der Waals surface area contributed by atoms with E-state index < -0.39 is 11.8 Å². The van der Waals surface area contributed by atoms with E-state index >= 15 is 0 Å². The number of aliphatic carboxylic acids is 1. The molecular weight excluding hydrogens is 454 g/mol. The zero-order valence-electron chi connectivity index (χ0n) is 18.6. The third-order valence-corrected chi connectivity index (χ3v) is 6.34. The summed E-state index contributed by atoms with van der Waals surface area (Å²) in [5.74, 6) is -2.99. The van der Waals surface area contributed by atoms with Crippen LogP contribution in [0.3, 0.4) is 0 Å². The van der Waals surface area contributed by atoms with E-state index in [-0.39, 0.29) is 5.82 Å². The van der Waals surface area contributed by atoms with E-state index in [2.05, 4.69) is 23.1 Å². The lowest BCUT2D eigenvalue weighted by Crippen LogP contribution is -2.24. The zero-order valence-corrected chi connectivity index (χ0v) is 20.2. The maximum atomic E-state index is 13.3. The first kappa shape index (κ1) is 26.0. The first-order valence-electron chi connectivity index (χ1n) is 10.2. The number of hydrogen-bond donors (Lipinski definition) is 1. The van der Waals surface area contributed by atoms with Crippen molar-refractivity contribution in [1.29, 1.82) is 0 Å². The topological polar surface area (TPSA) is 53.0 Å². The Morgan fingerprint density at radius 1 is 1.22 bits per heavy atom. The van der Waals surface area contributed by atoms with E-state index in [1.54, 1.807) is 18.2 Å². The Balaban J connectivity index is 0.000000837. The predicted molar refractivity (Wildman–Crippen MR) is 128 cm³/mol. The number of rotatable bonds is 6. The monoisotopic (exact) mass is 482 g/mol. The molecule has 1 aliphatic rings. The van der Waals surface area contributed by atoms with Crippen LogP contribution in [0.2, 0.25) is 0 Å². The van der Waals surface area contributed by atoms with Gasteiger partial charge in [0.1, 0.15) is 17.8 Å². The molecule has 0 bridgehead atoms. The SMILES string of the molecule is CCCC.CSc1cc2c(cc1O/C=C(\F)C(=O)O)SN(C)CCN2c1ccc(F)cc1. The molecule has 0 unspecified atom stereocenters. The molecule has 0 saturated carbocycles. The third-order valence-electron chi connectivity index (χ3n) is 4.56. The van der Waals surface area contributed by atoms with Crippen molar-refractivity contribution in [3.8, 4) is 5.75 Å². The molecule has 9 heteroatoms. The second-order valence-electron chi connectivity index (χ2n) is 6.93. The quantitative estimate of drug-likeness (QED) is 0.212. The van der Waals surface area contributed by atoms with Gasteiger partial charge in [0.05, 0.1) is 15.5 Å². The second-order valence-corrected chi connectivity index (χ2v) is 9.02. The molecule has 2 aromatic rings. The number of halogens is 2. The summed E-state index contributed by atoms with van der Waals surface area (Å²) in [4.78, 5) is 14.3. The molecule has 174 valence electrons. The number of ether oxygens (including phenoxy) is 1. The standard InChI is InChI=1S/C19H18F2N2O3S2.C4H10/c1-22-7-8-23(13-5-3-12(20)4-6-13)15-9-18(27-2)16(10-17(15)28-22)26-11-14(21)19(24)25;1-3-4-2/h3-6,9-11H,7-8H2,1-2H3,(H,24,25);3-4H2,1-2H3/b14-11-;. The molecule has 0 spiro atoms. The normalized spacial score (nSPS) is 14.2. The number of fused-ring (bicyclic) bond motifs is 1. The average molecular weight is 483 g/mol. The lowest BCUT2D eigenvalue weighted by Gasteiger charge is -2.25. The van der Waals surface area contributed by atoms with Gasteiger partial charge in [0.15, 0.2) is 0 Å². The second kappa shape index (κ2) is 12.7. The average Bonchev–Trinajstić information content (AvgIpc) is 2.95. The number of benzene rings is 2. The van der Waals surface area contributed by atoms with Gasteiger partial charge < -0.3 is 14.7 Å². The molecular formula is C23H28F2N2O3S2. The number of carboxylic acid groups (broad SMARTS) is 1. The van der Waals surface area contributed by atoms with Crippen molar-refractivity contribution in [2.45, 2.75) is 36.5 Å². The zero-order chi connectivity index (χ0) is 23.7. The van der Waals surface area contributed by atoms with Gasteiger partial charge >= 0.3 is 5.97 Å². The first-order valence-corrected chi connectivity index (χ1v) is 12.2. The van der Waals surface area contributed by atoms with Crippen LogP contribution in [-0.4, -0.2) is 41.8 Å². The van der Waals surface area contributed by atoms with Crippen molar-refractivity contribution < 1.29 is 23.4 Å². The van der Waals surface area contributed by atoms with Crippen LogP contribution in [0.4, 0.5) is 20.2 Å². The molecule has 0 aliphatic carbocycles. The number of thioether (sulfide) groups is 1. The van der Waals surface area contributed by atoms with Gasteiger partial charge in [0, 0.05) is 18.8 Å². The van der Waals surface area contributed by atoms with E-state index in [4.69, 9.17) is 9.84 Å². The van der Waals surface area contributed by atoms with Crippen LogP contribution in [0, 0.1) is 5.82 Å². The molecule has 5 nitrogen and oxygen atoms in total. The lowest BCUT2D eigenvalue weighted by atomic mass is 10.2. The van der Waals surface area contributed by atoms with Crippen molar-refractivity contribution in [3.05, 3.63) is 54.3 Å². The molecule has 1 aliphatic heterocycles. The number of carboxylic acids is 1. The van der Waals surface area contributed by atoms with Crippen LogP contribution in [0.5, 0.6) is 5.75 Å². The minimum absolute atomic E-state index is 0.300. The van der Waals surface area contributed by atoms with E-state index in [1.807, 2.05) is 19.4 Å². The predicted octanol–water partition coefficient (Wildman–Crippen LogP) is 6.72.